The summed E-state index contributed by atoms with van der Waals surface area (Å²) < 4.78 is 7.24. The van der Waals surface area contributed by atoms with E-state index in [0.717, 1.165) is 42.3 Å². The molecule has 202 valence electrons. The third-order valence-corrected chi connectivity index (χ3v) is 8.18. The van der Waals surface area contributed by atoms with Crippen LogP contribution in [0.15, 0.2) is 24.3 Å². The monoisotopic (exact) mass is 511 g/mol. The molecule has 2 aliphatic rings. The van der Waals surface area contributed by atoms with E-state index in [1.165, 1.54) is 6.42 Å². The maximum absolute atomic E-state index is 13.8. The molecule has 2 heterocycles. The van der Waals surface area contributed by atoms with Crippen molar-refractivity contribution in [3.05, 3.63) is 30.0 Å². The second-order valence-corrected chi connectivity index (χ2v) is 10.5. The number of carbonyl (C=O) groups is 3. The lowest BCUT2D eigenvalue weighted by atomic mass is 9.83. The highest BCUT2D eigenvalue weighted by Crippen LogP contribution is 2.29. The van der Waals surface area contributed by atoms with Crippen LogP contribution in [0.4, 0.5) is 0 Å². The molecular weight excluding hydrogens is 470 g/mol. The molecule has 3 amide bonds. The predicted molar refractivity (Wildman–Crippen MR) is 144 cm³/mol. The van der Waals surface area contributed by atoms with E-state index < -0.39 is 6.04 Å². The van der Waals surface area contributed by atoms with Crippen LogP contribution in [0.3, 0.4) is 0 Å². The van der Waals surface area contributed by atoms with Gasteiger partial charge in [-0.05, 0) is 57.9 Å². The van der Waals surface area contributed by atoms with Crippen molar-refractivity contribution in [1.29, 1.82) is 0 Å². The van der Waals surface area contributed by atoms with Crippen LogP contribution in [0.2, 0.25) is 0 Å². The number of benzene rings is 1. The van der Waals surface area contributed by atoms with Gasteiger partial charge >= 0.3 is 0 Å². The number of amides is 3. The number of aryl methyl sites for hydroxylation is 1. The summed E-state index contributed by atoms with van der Waals surface area (Å²) in [4.78, 5) is 43.7. The summed E-state index contributed by atoms with van der Waals surface area (Å²) in [6, 6.07) is 6.65. The Morgan fingerprint density at radius 3 is 2.46 bits per heavy atom. The number of rotatable bonds is 7. The molecule has 2 N–H and O–H groups in total. The van der Waals surface area contributed by atoms with E-state index in [1.54, 1.807) is 21.1 Å². The summed E-state index contributed by atoms with van der Waals surface area (Å²) in [6.07, 6.45) is 5.24. The number of fused-ring (bicyclic) bond motifs is 1. The standard InChI is InChI=1S/C28H41N5O4/c1-18-17-32(27(35)24-15-21-11-12-22(37-5)16-23(21)31(24)4)13-14-33(18)28(36)25(20-9-7-6-8-10-20)30-26(34)19(2)29-3/h11-12,15-16,18-20,25,29H,6-10,13-14,17H2,1-5H3,(H,30,34)/t18-,19?,25?/m0/s1. The highest BCUT2D eigenvalue weighted by atomic mass is 16.5. The Hall–Kier alpha value is -3.07. The number of piperazine rings is 1. The molecule has 1 saturated carbocycles. The molecule has 9 nitrogen and oxygen atoms in total. The van der Waals surface area contributed by atoms with Crippen molar-refractivity contribution in [2.75, 3.05) is 33.8 Å². The number of carbonyl (C=O) groups excluding carboxylic acids is 3. The Kier molecular flexibility index (Phi) is 8.42. The number of likely N-dealkylation sites (N-methyl/N-ethyl adjacent to an activating group) is 1. The van der Waals surface area contributed by atoms with E-state index in [9.17, 15) is 14.4 Å². The summed E-state index contributed by atoms with van der Waals surface area (Å²) in [5.41, 5.74) is 1.55. The van der Waals surface area contributed by atoms with Crippen molar-refractivity contribution < 1.29 is 19.1 Å². The molecule has 2 unspecified atom stereocenters. The number of hydrogen-bond acceptors (Lipinski definition) is 5. The minimum Gasteiger partial charge on any atom is -0.497 e. The zero-order chi connectivity index (χ0) is 26.7. The first-order valence-corrected chi connectivity index (χ1v) is 13.5. The summed E-state index contributed by atoms with van der Waals surface area (Å²) in [6.45, 7) is 5.14. The minimum absolute atomic E-state index is 0.0279. The third-order valence-electron chi connectivity index (χ3n) is 8.18. The van der Waals surface area contributed by atoms with E-state index in [-0.39, 0.29) is 35.7 Å². The van der Waals surface area contributed by atoms with E-state index in [2.05, 4.69) is 10.6 Å². The first kappa shape index (κ1) is 27.0. The van der Waals surface area contributed by atoms with Crippen LogP contribution in [0.1, 0.15) is 56.4 Å². The maximum atomic E-state index is 13.8. The molecule has 0 spiro atoms. The number of nitrogens with one attached hydrogen (secondary N) is 2. The van der Waals surface area contributed by atoms with Crippen molar-refractivity contribution in [1.82, 2.24) is 25.0 Å². The molecule has 1 aliphatic heterocycles. The van der Waals surface area contributed by atoms with Gasteiger partial charge in [-0.15, -0.1) is 0 Å². The molecule has 0 radical (unpaired) electrons. The number of ether oxygens (including phenoxy) is 1. The maximum Gasteiger partial charge on any atom is 0.270 e. The van der Waals surface area contributed by atoms with Crippen LogP contribution in [0.25, 0.3) is 10.9 Å². The Balaban J connectivity index is 1.48. The van der Waals surface area contributed by atoms with Gasteiger partial charge < -0.3 is 29.7 Å². The molecule has 1 aliphatic carbocycles. The third kappa shape index (κ3) is 5.61. The molecule has 2 aromatic rings. The topological polar surface area (TPSA) is 95.9 Å². The van der Waals surface area contributed by atoms with Gasteiger partial charge in [-0.2, -0.15) is 0 Å². The van der Waals surface area contributed by atoms with Crippen LogP contribution >= 0.6 is 0 Å². The number of methoxy groups -OCH3 is 1. The molecule has 4 rings (SSSR count). The van der Waals surface area contributed by atoms with Crippen molar-refractivity contribution in [2.24, 2.45) is 13.0 Å². The first-order chi connectivity index (χ1) is 17.7. The van der Waals surface area contributed by atoms with Gasteiger partial charge in [-0.1, -0.05) is 19.3 Å². The molecule has 1 saturated heterocycles. The van der Waals surface area contributed by atoms with Gasteiger partial charge in [0, 0.05) is 44.2 Å². The minimum atomic E-state index is -0.526. The van der Waals surface area contributed by atoms with Crippen LogP contribution in [-0.4, -0.2) is 84.0 Å². The zero-order valence-corrected chi connectivity index (χ0v) is 22.8. The molecule has 9 heteroatoms. The molecule has 2 fully saturated rings. The highest BCUT2D eigenvalue weighted by molar-refractivity contribution is 5.99. The average Bonchev–Trinajstić information content (AvgIpc) is 3.26. The Morgan fingerprint density at radius 1 is 1.08 bits per heavy atom. The molecule has 37 heavy (non-hydrogen) atoms. The van der Waals surface area contributed by atoms with Gasteiger partial charge in [0.25, 0.3) is 5.91 Å². The van der Waals surface area contributed by atoms with Crippen LogP contribution in [0, 0.1) is 5.92 Å². The predicted octanol–water partition coefficient (Wildman–Crippen LogP) is 2.53. The van der Waals surface area contributed by atoms with E-state index in [0.29, 0.717) is 25.3 Å². The Bertz CT molecular complexity index is 1140. The molecular formula is C28H41N5O4. The number of nitrogens with zero attached hydrogens (tertiary/aromatic N) is 3. The summed E-state index contributed by atoms with van der Waals surface area (Å²) >= 11 is 0. The Labute approximate surface area is 219 Å². The molecule has 1 aromatic carbocycles. The summed E-state index contributed by atoms with van der Waals surface area (Å²) in [5.74, 6) is 0.669. The largest absolute Gasteiger partial charge is 0.497 e. The normalized spacial score (nSPS) is 20.5. The average molecular weight is 512 g/mol. The first-order valence-electron chi connectivity index (χ1n) is 13.5. The van der Waals surface area contributed by atoms with Gasteiger partial charge in [0.05, 0.1) is 18.7 Å². The second-order valence-electron chi connectivity index (χ2n) is 10.5. The molecule has 3 atom stereocenters. The second kappa shape index (κ2) is 11.5. The van der Waals surface area contributed by atoms with Gasteiger partial charge in [-0.25, -0.2) is 0 Å². The quantitative estimate of drug-likeness (QED) is 0.596. The number of aromatic nitrogens is 1. The summed E-state index contributed by atoms with van der Waals surface area (Å²) in [5, 5.41) is 7.01. The van der Waals surface area contributed by atoms with Gasteiger partial charge in [-0.3, -0.25) is 14.4 Å². The zero-order valence-electron chi connectivity index (χ0n) is 22.8. The fraction of sp³-hybridized carbons (Fsp3) is 0.607. The van der Waals surface area contributed by atoms with Crippen LogP contribution < -0.4 is 15.4 Å². The smallest absolute Gasteiger partial charge is 0.270 e. The lowest BCUT2D eigenvalue weighted by Gasteiger charge is -2.43. The Morgan fingerprint density at radius 2 is 1.81 bits per heavy atom. The van der Waals surface area contributed by atoms with Crippen molar-refractivity contribution >= 4 is 28.6 Å². The van der Waals surface area contributed by atoms with Crippen LogP contribution in [0.5, 0.6) is 5.75 Å². The lowest BCUT2D eigenvalue weighted by Crippen LogP contribution is -2.62. The fourth-order valence-electron chi connectivity index (χ4n) is 5.71. The van der Waals surface area contributed by atoms with Crippen molar-refractivity contribution in [3.63, 3.8) is 0 Å². The highest BCUT2D eigenvalue weighted by Gasteiger charge is 2.38. The molecule has 0 bridgehead atoms. The summed E-state index contributed by atoms with van der Waals surface area (Å²) in [7, 11) is 5.26. The van der Waals surface area contributed by atoms with E-state index in [4.69, 9.17) is 4.74 Å². The van der Waals surface area contributed by atoms with Crippen LogP contribution in [-0.2, 0) is 16.6 Å². The fourth-order valence-corrected chi connectivity index (χ4v) is 5.71. The van der Waals surface area contributed by atoms with Crippen molar-refractivity contribution in [2.45, 2.75) is 64.1 Å². The SMILES string of the molecule is CNC(C)C(=O)NC(C(=O)N1CCN(C(=O)c2cc3ccc(OC)cc3n2C)C[C@@H]1C)C1CCCCC1. The van der Waals surface area contributed by atoms with Crippen molar-refractivity contribution in [3.8, 4) is 5.75 Å². The molecule has 1 aromatic heterocycles. The van der Waals surface area contributed by atoms with Gasteiger partial charge in [0.15, 0.2) is 0 Å². The van der Waals surface area contributed by atoms with E-state index in [1.807, 2.05) is 52.6 Å². The van der Waals surface area contributed by atoms with E-state index >= 15 is 0 Å². The number of hydrogen-bond donors (Lipinski definition) is 2. The van der Waals surface area contributed by atoms with Gasteiger partial charge in [0.2, 0.25) is 11.8 Å². The van der Waals surface area contributed by atoms with Gasteiger partial charge in [0.1, 0.15) is 17.5 Å². The lowest BCUT2D eigenvalue weighted by molar-refractivity contribution is -0.142.